The summed E-state index contributed by atoms with van der Waals surface area (Å²) >= 11 is 6.11. The van der Waals surface area contributed by atoms with Crippen LogP contribution in [0, 0.1) is 6.92 Å². The first-order valence-corrected chi connectivity index (χ1v) is 6.21. The Morgan fingerprint density at radius 2 is 2.17 bits per heavy atom. The third-order valence-electron chi connectivity index (χ3n) is 2.63. The minimum atomic E-state index is 0.248. The predicted molar refractivity (Wildman–Crippen MR) is 71.8 cm³/mol. The van der Waals surface area contributed by atoms with Crippen molar-refractivity contribution in [2.75, 3.05) is 5.32 Å². The Kier molecular flexibility index (Phi) is 3.81. The summed E-state index contributed by atoms with van der Waals surface area (Å²) in [5, 5.41) is 10.4. The standard InChI is InChI=1S/C12H16ClN5/c1-7(2)11-17-10(13)8(3)12(18-11)14-4-9-5-15-16-6-9/h5-7H,4H2,1-3H3,(H,15,16)(H,14,17,18). The molecule has 0 aliphatic rings. The van der Waals surface area contributed by atoms with Crippen molar-refractivity contribution in [1.29, 1.82) is 0 Å². The van der Waals surface area contributed by atoms with E-state index in [1.165, 1.54) is 0 Å². The Balaban J connectivity index is 2.20. The molecule has 2 rings (SSSR count). The third-order valence-corrected chi connectivity index (χ3v) is 3.00. The number of H-pyrrole nitrogens is 1. The van der Waals surface area contributed by atoms with Crippen LogP contribution in [0.2, 0.25) is 5.15 Å². The molecule has 0 unspecified atom stereocenters. The van der Waals surface area contributed by atoms with E-state index < -0.39 is 0 Å². The third kappa shape index (κ3) is 2.79. The largest absolute Gasteiger partial charge is 0.366 e. The normalized spacial score (nSPS) is 10.9. The summed E-state index contributed by atoms with van der Waals surface area (Å²) in [6.45, 7) is 6.65. The van der Waals surface area contributed by atoms with E-state index in [4.69, 9.17) is 11.6 Å². The van der Waals surface area contributed by atoms with Crippen molar-refractivity contribution < 1.29 is 0 Å². The number of aromatic nitrogens is 4. The Morgan fingerprint density at radius 3 is 2.78 bits per heavy atom. The molecule has 0 spiro atoms. The van der Waals surface area contributed by atoms with E-state index in [0.29, 0.717) is 11.7 Å². The summed E-state index contributed by atoms with van der Waals surface area (Å²) in [6.07, 6.45) is 3.61. The second-order valence-corrected chi connectivity index (χ2v) is 4.82. The van der Waals surface area contributed by atoms with Crippen LogP contribution in [-0.4, -0.2) is 20.2 Å². The summed E-state index contributed by atoms with van der Waals surface area (Å²) in [5.41, 5.74) is 1.93. The maximum atomic E-state index is 6.11. The number of hydrogen-bond acceptors (Lipinski definition) is 4. The molecule has 2 aromatic rings. The van der Waals surface area contributed by atoms with Gasteiger partial charge in [0, 0.05) is 29.8 Å². The van der Waals surface area contributed by atoms with Gasteiger partial charge in [-0.3, -0.25) is 5.10 Å². The average Bonchev–Trinajstić information content (AvgIpc) is 2.83. The lowest BCUT2D eigenvalue weighted by atomic mass is 10.2. The van der Waals surface area contributed by atoms with Crippen molar-refractivity contribution >= 4 is 17.4 Å². The minimum Gasteiger partial charge on any atom is -0.366 e. The lowest BCUT2D eigenvalue weighted by Gasteiger charge is -2.12. The number of nitrogens with zero attached hydrogens (tertiary/aromatic N) is 3. The van der Waals surface area contributed by atoms with Crippen molar-refractivity contribution in [3.05, 3.63) is 34.5 Å². The van der Waals surface area contributed by atoms with Gasteiger partial charge < -0.3 is 5.32 Å². The van der Waals surface area contributed by atoms with Crippen molar-refractivity contribution in [2.24, 2.45) is 0 Å². The smallest absolute Gasteiger partial charge is 0.137 e. The van der Waals surface area contributed by atoms with E-state index in [-0.39, 0.29) is 5.92 Å². The summed E-state index contributed by atoms with van der Waals surface area (Å²) in [4.78, 5) is 8.77. The molecular weight excluding hydrogens is 250 g/mol. The van der Waals surface area contributed by atoms with E-state index in [1.54, 1.807) is 6.20 Å². The zero-order valence-corrected chi connectivity index (χ0v) is 11.4. The van der Waals surface area contributed by atoms with Crippen LogP contribution in [0.25, 0.3) is 0 Å². The lowest BCUT2D eigenvalue weighted by Crippen LogP contribution is -2.08. The molecule has 2 heterocycles. The fourth-order valence-electron chi connectivity index (χ4n) is 1.50. The van der Waals surface area contributed by atoms with E-state index >= 15 is 0 Å². The highest BCUT2D eigenvalue weighted by Crippen LogP contribution is 2.23. The average molecular weight is 266 g/mol. The maximum Gasteiger partial charge on any atom is 0.137 e. The zero-order chi connectivity index (χ0) is 13.1. The van der Waals surface area contributed by atoms with Crippen LogP contribution >= 0.6 is 11.6 Å². The van der Waals surface area contributed by atoms with Gasteiger partial charge in [0.1, 0.15) is 16.8 Å². The van der Waals surface area contributed by atoms with Gasteiger partial charge in [0.05, 0.1) is 6.20 Å². The lowest BCUT2D eigenvalue weighted by molar-refractivity contribution is 0.771. The first-order valence-electron chi connectivity index (χ1n) is 5.83. The van der Waals surface area contributed by atoms with Crippen molar-refractivity contribution in [1.82, 2.24) is 20.2 Å². The number of nitrogens with one attached hydrogen (secondary N) is 2. The molecule has 0 fully saturated rings. The molecule has 0 aromatic carbocycles. The number of rotatable bonds is 4. The Hall–Kier alpha value is -1.62. The summed E-state index contributed by atoms with van der Waals surface area (Å²) < 4.78 is 0. The molecule has 0 aliphatic carbocycles. The molecule has 18 heavy (non-hydrogen) atoms. The predicted octanol–water partition coefficient (Wildman–Crippen LogP) is 2.90. The molecule has 5 nitrogen and oxygen atoms in total. The molecule has 2 aromatic heterocycles. The van der Waals surface area contributed by atoms with Crippen LogP contribution < -0.4 is 5.32 Å². The molecule has 0 amide bonds. The van der Waals surface area contributed by atoms with E-state index in [2.05, 4.69) is 25.5 Å². The quantitative estimate of drug-likeness (QED) is 0.834. The molecule has 2 N–H and O–H groups in total. The summed E-state index contributed by atoms with van der Waals surface area (Å²) in [7, 11) is 0. The van der Waals surface area contributed by atoms with Crippen LogP contribution in [-0.2, 0) is 6.54 Å². The highest BCUT2D eigenvalue weighted by Gasteiger charge is 2.11. The Bertz CT molecular complexity index is 522. The molecule has 0 bridgehead atoms. The molecule has 6 heteroatoms. The van der Waals surface area contributed by atoms with Gasteiger partial charge in [-0.1, -0.05) is 25.4 Å². The second-order valence-electron chi connectivity index (χ2n) is 4.46. The van der Waals surface area contributed by atoms with Gasteiger partial charge in [-0.15, -0.1) is 0 Å². The van der Waals surface area contributed by atoms with Gasteiger partial charge in [-0.25, -0.2) is 9.97 Å². The molecular formula is C12H16ClN5. The summed E-state index contributed by atoms with van der Waals surface area (Å²) in [5.74, 6) is 1.78. The Morgan fingerprint density at radius 1 is 1.39 bits per heavy atom. The fourth-order valence-corrected chi connectivity index (χ4v) is 1.67. The van der Waals surface area contributed by atoms with E-state index in [1.807, 2.05) is 27.0 Å². The van der Waals surface area contributed by atoms with Crippen LogP contribution in [0.3, 0.4) is 0 Å². The van der Waals surface area contributed by atoms with Gasteiger partial charge in [0.2, 0.25) is 0 Å². The van der Waals surface area contributed by atoms with Gasteiger partial charge in [0.15, 0.2) is 0 Å². The first-order chi connectivity index (χ1) is 8.58. The zero-order valence-electron chi connectivity index (χ0n) is 10.7. The molecule has 96 valence electrons. The molecule has 0 aliphatic heterocycles. The van der Waals surface area contributed by atoms with Crippen molar-refractivity contribution in [2.45, 2.75) is 33.2 Å². The van der Waals surface area contributed by atoms with Crippen LogP contribution in [0.5, 0.6) is 0 Å². The molecule has 0 radical (unpaired) electrons. The van der Waals surface area contributed by atoms with Crippen LogP contribution in [0.15, 0.2) is 12.4 Å². The minimum absolute atomic E-state index is 0.248. The van der Waals surface area contributed by atoms with Gasteiger partial charge >= 0.3 is 0 Å². The first kappa shape index (κ1) is 12.8. The fraction of sp³-hybridized carbons (Fsp3) is 0.417. The molecule has 0 saturated carbocycles. The van der Waals surface area contributed by atoms with Gasteiger partial charge in [0.25, 0.3) is 0 Å². The molecule has 0 saturated heterocycles. The monoisotopic (exact) mass is 265 g/mol. The number of aromatic amines is 1. The van der Waals surface area contributed by atoms with Crippen LogP contribution in [0.4, 0.5) is 5.82 Å². The van der Waals surface area contributed by atoms with Gasteiger partial charge in [-0.2, -0.15) is 5.10 Å². The number of halogens is 1. The van der Waals surface area contributed by atoms with Crippen LogP contribution in [0.1, 0.15) is 36.7 Å². The number of anilines is 1. The topological polar surface area (TPSA) is 66.5 Å². The SMILES string of the molecule is Cc1c(Cl)nc(C(C)C)nc1NCc1cn[nH]c1. The van der Waals surface area contributed by atoms with Gasteiger partial charge in [-0.05, 0) is 6.92 Å². The van der Waals surface area contributed by atoms with E-state index in [0.717, 1.165) is 22.8 Å². The van der Waals surface area contributed by atoms with E-state index in [9.17, 15) is 0 Å². The highest BCUT2D eigenvalue weighted by molar-refractivity contribution is 6.30. The summed E-state index contributed by atoms with van der Waals surface area (Å²) in [6, 6.07) is 0. The second kappa shape index (κ2) is 5.35. The van der Waals surface area contributed by atoms with Crippen molar-refractivity contribution in [3.8, 4) is 0 Å². The maximum absolute atomic E-state index is 6.11. The molecule has 0 atom stereocenters. The highest BCUT2D eigenvalue weighted by atomic mass is 35.5. The van der Waals surface area contributed by atoms with Crippen molar-refractivity contribution in [3.63, 3.8) is 0 Å². The Labute approximate surface area is 111 Å². The number of hydrogen-bond donors (Lipinski definition) is 2.